The fourth-order valence-electron chi connectivity index (χ4n) is 1.52. The molecule has 0 radical (unpaired) electrons. The predicted molar refractivity (Wildman–Crippen MR) is 69.3 cm³/mol. The van der Waals surface area contributed by atoms with Crippen molar-refractivity contribution in [3.8, 4) is 5.88 Å². The van der Waals surface area contributed by atoms with Crippen LogP contribution in [0, 0.1) is 12.8 Å². The van der Waals surface area contributed by atoms with Crippen molar-refractivity contribution < 1.29 is 4.74 Å². The number of ether oxygens (including phenoxy) is 1. The van der Waals surface area contributed by atoms with E-state index in [2.05, 4.69) is 22.2 Å². The lowest BCUT2D eigenvalue weighted by Crippen LogP contribution is -2.16. The highest BCUT2D eigenvalue weighted by atomic mass is 16.5. The molecule has 17 heavy (non-hydrogen) atoms. The van der Waals surface area contributed by atoms with Crippen LogP contribution in [-0.4, -0.2) is 29.7 Å². The van der Waals surface area contributed by atoms with Gasteiger partial charge in [0.25, 0.3) is 0 Å². The summed E-state index contributed by atoms with van der Waals surface area (Å²) in [6, 6.07) is 1.83. The van der Waals surface area contributed by atoms with Gasteiger partial charge in [0.05, 0.1) is 6.61 Å². The van der Waals surface area contributed by atoms with E-state index < -0.39 is 0 Å². The molecular formula is C12H22N4O. The largest absolute Gasteiger partial charge is 0.478 e. The van der Waals surface area contributed by atoms with Crippen LogP contribution in [0.2, 0.25) is 0 Å². The summed E-state index contributed by atoms with van der Waals surface area (Å²) < 4.78 is 5.37. The molecule has 0 aromatic carbocycles. The Balaban J connectivity index is 2.57. The number of rotatable bonds is 7. The summed E-state index contributed by atoms with van der Waals surface area (Å²) in [5.74, 6) is 2.68. The average Bonchev–Trinajstić information content (AvgIpc) is 2.26. The van der Waals surface area contributed by atoms with Gasteiger partial charge in [-0.05, 0) is 32.7 Å². The minimum absolute atomic E-state index is 0.533. The molecule has 1 rings (SSSR count). The Hall–Kier alpha value is -1.36. The van der Waals surface area contributed by atoms with E-state index in [1.165, 1.54) is 0 Å². The smallest absolute Gasteiger partial charge is 0.218 e. The molecule has 0 aliphatic carbocycles. The van der Waals surface area contributed by atoms with Crippen LogP contribution in [0.25, 0.3) is 0 Å². The standard InChI is InChI=1S/C12H22N4O/c1-4-17-12-7-11(15-10(3)16-12)14-8-9(2)5-6-13/h7,9H,4-6,8,13H2,1-3H3,(H,14,15,16). The summed E-state index contributed by atoms with van der Waals surface area (Å²) in [5.41, 5.74) is 5.51. The zero-order valence-electron chi connectivity index (χ0n) is 10.9. The second-order valence-electron chi connectivity index (χ2n) is 4.14. The molecule has 0 bridgehead atoms. The van der Waals surface area contributed by atoms with E-state index in [-0.39, 0.29) is 0 Å². The van der Waals surface area contributed by atoms with Crippen molar-refractivity contribution in [3.05, 3.63) is 11.9 Å². The highest BCUT2D eigenvalue weighted by molar-refractivity contribution is 5.38. The first-order valence-electron chi connectivity index (χ1n) is 6.08. The highest BCUT2D eigenvalue weighted by Crippen LogP contribution is 2.14. The summed E-state index contributed by atoms with van der Waals surface area (Å²) in [6.07, 6.45) is 1.01. The summed E-state index contributed by atoms with van der Waals surface area (Å²) >= 11 is 0. The van der Waals surface area contributed by atoms with Crippen molar-refractivity contribution in [2.75, 3.05) is 25.0 Å². The van der Waals surface area contributed by atoms with Gasteiger partial charge in [-0.25, -0.2) is 4.98 Å². The maximum Gasteiger partial charge on any atom is 0.218 e. The van der Waals surface area contributed by atoms with Gasteiger partial charge in [0.1, 0.15) is 11.6 Å². The van der Waals surface area contributed by atoms with Crippen LogP contribution in [0.4, 0.5) is 5.82 Å². The van der Waals surface area contributed by atoms with Gasteiger partial charge in [0.2, 0.25) is 5.88 Å². The number of aromatic nitrogens is 2. The summed E-state index contributed by atoms with van der Waals surface area (Å²) in [5, 5.41) is 3.28. The molecule has 0 aliphatic rings. The first-order chi connectivity index (χ1) is 8.15. The van der Waals surface area contributed by atoms with E-state index in [0.29, 0.717) is 24.2 Å². The van der Waals surface area contributed by atoms with Gasteiger partial charge >= 0.3 is 0 Å². The minimum atomic E-state index is 0.533. The number of nitrogens with one attached hydrogen (secondary N) is 1. The van der Waals surface area contributed by atoms with E-state index >= 15 is 0 Å². The molecule has 3 N–H and O–H groups in total. The Morgan fingerprint density at radius 3 is 2.88 bits per heavy atom. The topological polar surface area (TPSA) is 73.1 Å². The summed E-state index contributed by atoms with van der Waals surface area (Å²) in [6.45, 7) is 8.15. The maximum absolute atomic E-state index is 5.51. The van der Waals surface area contributed by atoms with Gasteiger partial charge in [0.15, 0.2) is 0 Å². The molecule has 5 heteroatoms. The Morgan fingerprint density at radius 1 is 1.47 bits per heavy atom. The Morgan fingerprint density at radius 2 is 2.24 bits per heavy atom. The molecule has 5 nitrogen and oxygen atoms in total. The lowest BCUT2D eigenvalue weighted by molar-refractivity contribution is 0.325. The van der Waals surface area contributed by atoms with Crippen LogP contribution in [0.1, 0.15) is 26.1 Å². The van der Waals surface area contributed by atoms with E-state index in [9.17, 15) is 0 Å². The van der Waals surface area contributed by atoms with Crippen molar-refractivity contribution >= 4 is 5.82 Å². The molecular weight excluding hydrogens is 216 g/mol. The number of nitrogens with zero attached hydrogens (tertiary/aromatic N) is 2. The number of anilines is 1. The molecule has 1 unspecified atom stereocenters. The highest BCUT2D eigenvalue weighted by Gasteiger charge is 2.04. The van der Waals surface area contributed by atoms with Gasteiger partial charge < -0.3 is 15.8 Å². The monoisotopic (exact) mass is 238 g/mol. The molecule has 96 valence electrons. The number of hydrogen-bond acceptors (Lipinski definition) is 5. The number of aryl methyl sites for hydroxylation is 1. The first kappa shape index (κ1) is 13.7. The van der Waals surface area contributed by atoms with Crippen molar-refractivity contribution in [1.29, 1.82) is 0 Å². The fraction of sp³-hybridized carbons (Fsp3) is 0.667. The van der Waals surface area contributed by atoms with Crippen LogP contribution in [0.15, 0.2) is 6.07 Å². The molecule has 1 heterocycles. The van der Waals surface area contributed by atoms with Gasteiger partial charge in [-0.3, -0.25) is 0 Å². The average molecular weight is 238 g/mol. The third-order valence-corrected chi connectivity index (χ3v) is 2.40. The van der Waals surface area contributed by atoms with Crippen LogP contribution in [0.5, 0.6) is 5.88 Å². The SMILES string of the molecule is CCOc1cc(NCC(C)CCN)nc(C)n1. The molecule has 0 saturated heterocycles. The normalized spacial score (nSPS) is 12.2. The van der Waals surface area contributed by atoms with Crippen LogP contribution in [0.3, 0.4) is 0 Å². The van der Waals surface area contributed by atoms with E-state index in [4.69, 9.17) is 10.5 Å². The second kappa shape index (κ2) is 7.06. The Kier molecular flexibility index (Phi) is 5.69. The lowest BCUT2D eigenvalue weighted by Gasteiger charge is -2.13. The van der Waals surface area contributed by atoms with Crippen molar-refractivity contribution in [1.82, 2.24) is 9.97 Å². The summed E-state index contributed by atoms with van der Waals surface area (Å²) in [4.78, 5) is 8.51. The summed E-state index contributed by atoms with van der Waals surface area (Å²) in [7, 11) is 0. The van der Waals surface area contributed by atoms with Gasteiger partial charge in [0, 0.05) is 12.6 Å². The van der Waals surface area contributed by atoms with Crippen molar-refractivity contribution in [2.24, 2.45) is 11.7 Å². The Bertz CT molecular complexity index is 343. The van der Waals surface area contributed by atoms with Crippen molar-refractivity contribution in [2.45, 2.75) is 27.2 Å². The van der Waals surface area contributed by atoms with Gasteiger partial charge in [-0.15, -0.1) is 0 Å². The van der Waals surface area contributed by atoms with Gasteiger partial charge in [-0.1, -0.05) is 6.92 Å². The van der Waals surface area contributed by atoms with Crippen LogP contribution < -0.4 is 15.8 Å². The van der Waals surface area contributed by atoms with E-state index in [1.54, 1.807) is 0 Å². The maximum atomic E-state index is 5.51. The van der Waals surface area contributed by atoms with Gasteiger partial charge in [-0.2, -0.15) is 4.98 Å². The third kappa shape index (κ3) is 4.99. The molecule has 0 spiro atoms. The quantitative estimate of drug-likeness (QED) is 0.754. The Labute approximate surface area is 103 Å². The molecule has 1 aromatic rings. The number of nitrogens with two attached hydrogens (primary N) is 1. The molecule has 1 aromatic heterocycles. The second-order valence-corrected chi connectivity index (χ2v) is 4.14. The molecule has 0 fully saturated rings. The zero-order chi connectivity index (χ0) is 12.7. The third-order valence-electron chi connectivity index (χ3n) is 2.40. The minimum Gasteiger partial charge on any atom is -0.478 e. The molecule has 0 aliphatic heterocycles. The molecule has 1 atom stereocenters. The fourth-order valence-corrected chi connectivity index (χ4v) is 1.52. The number of hydrogen-bond donors (Lipinski definition) is 2. The van der Waals surface area contributed by atoms with Crippen molar-refractivity contribution in [3.63, 3.8) is 0 Å². The molecule has 0 amide bonds. The molecule has 0 saturated carbocycles. The zero-order valence-corrected chi connectivity index (χ0v) is 10.9. The van der Waals surface area contributed by atoms with E-state index in [0.717, 1.165) is 25.3 Å². The van der Waals surface area contributed by atoms with Crippen LogP contribution in [-0.2, 0) is 0 Å². The lowest BCUT2D eigenvalue weighted by atomic mass is 10.1. The predicted octanol–water partition coefficient (Wildman–Crippen LogP) is 1.58. The van der Waals surface area contributed by atoms with Crippen LogP contribution >= 0.6 is 0 Å². The first-order valence-corrected chi connectivity index (χ1v) is 6.08. The van der Waals surface area contributed by atoms with E-state index in [1.807, 2.05) is 19.9 Å².